The summed E-state index contributed by atoms with van der Waals surface area (Å²) < 4.78 is 7.73. The number of allylic oxidation sites excluding steroid dienone is 1. The molecule has 2 atom stereocenters. The molecule has 192 valence electrons. The Hall–Kier alpha value is -1.84. The Balaban J connectivity index is 1.25. The number of hydrogen-bond donors (Lipinski definition) is 2. The summed E-state index contributed by atoms with van der Waals surface area (Å²) in [4.78, 5) is 16.6. The molecule has 1 saturated heterocycles. The second-order valence-electron chi connectivity index (χ2n) is 10.3. The standard InChI is InChI=1S/C27H40N4O3S/c1-27(2,20-34-3)30-18-16-29(17-19-30)24-8-4-21(5-9-24)22-6-10-25(11-7-22)35-31-14-12-23(13-15-31)26(32)28-33/h4-6,8-10,12,22,25,33H,7,11,13-20H2,1-3H3,(H,28,32). The highest BCUT2D eigenvalue weighted by Gasteiger charge is 2.30. The molecule has 2 N–H and O–H groups in total. The highest BCUT2D eigenvalue weighted by Crippen LogP contribution is 2.35. The second kappa shape index (κ2) is 11.9. The molecule has 1 aromatic rings. The first-order chi connectivity index (χ1) is 16.9. The van der Waals surface area contributed by atoms with E-state index in [1.807, 2.05) is 18.0 Å². The molecule has 0 aromatic heterocycles. The second-order valence-corrected chi connectivity index (χ2v) is 11.7. The van der Waals surface area contributed by atoms with Gasteiger partial charge in [0, 0.05) is 74.3 Å². The molecule has 1 fully saturated rings. The number of piperazine rings is 1. The first-order valence-electron chi connectivity index (χ1n) is 12.7. The summed E-state index contributed by atoms with van der Waals surface area (Å²) in [6.07, 6.45) is 9.62. The van der Waals surface area contributed by atoms with E-state index in [0.29, 0.717) is 23.2 Å². The largest absolute Gasteiger partial charge is 0.383 e. The minimum absolute atomic E-state index is 0.0816. The number of benzene rings is 1. The predicted octanol–water partition coefficient (Wildman–Crippen LogP) is 3.82. The van der Waals surface area contributed by atoms with Crippen molar-refractivity contribution in [3.05, 3.63) is 53.6 Å². The first-order valence-corrected chi connectivity index (χ1v) is 13.6. The fourth-order valence-corrected chi connectivity index (χ4v) is 6.47. The summed E-state index contributed by atoms with van der Waals surface area (Å²) >= 11 is 1.88. The van der Waals surface area contributed by atoms with Gasteiger partial charge in [-0.1, -0.05) is 42.3 Å². The van der Waals surface area contributed by atoms with Crippen LogP contribution < -0.4 is 10.4 Å². The van der Waals surface area contributed by atoms with Gasteiger partial charge in [-0.3, -0.25) is 14.9 Å². The summed E-state index contributed by atoms with van der Waals surface area (Å²) in [6.45, 7) is 11.1. The van der Waals surface area contributed by atoms with Crippen LogP contribution in [-0.2, 0) is 9.53 Å². The lowest BCUT2D eigenvalue weighted by molar-refractivity contribution is -0.125. The molecule has 7 nitrogen and oxygen atoms in total. The lowest BCUT2D eigenvalue weighted by atomic mass is 9.89. The normalized spacial score (nSPS) is 24.3. The molecule has 2 unspecified atom stereocenters. The zero-order valence-electron chi connectivity index (χ0n) is 21.3. The summed E-state index contributed by atoms with van der Waals surface area (Å²) in [7, 11) is 1.78. The fraction of sp³-hybridized carbons (Fsp3) is 0.593. The maximum absolute atomic E-state index is 11.5. The highest BCUT2D eigenvalue weighted by molar-refractivity contribution is 7.97. The van der Waals surface area contributed by atoms with Gasteiger partial charge in [0.25, 0.3) is 5.91 Å². The van der Waals surface area contributed by atoms with Gasteiger partial charge in [-0.05, 0) is 50.8 Å². The molecule has 35 heavy (non-hydrogen) atoms. The Morgan fingerprint density at radius 3 is 2.43 bits per heavy atom. The molecule has 8 heteroatoms. The number of nitrogens with zero attached hydrogens (tertiary/aromatic N) is 3. The Kier molecular flexibility index (Phi) is 8.94. The Labute approximate surface area is 214 Å². The van der Waals surface area contributed by atoms with Crippen LogP contribution in [0.15, 0.2) is 48.1 Å². The minimum atomic E-state index is -0.380. The monoisotopic (exact) mass is 500 g/mol. The first kappa shape index (κ1) is 26.2. The van der Waals surface area contributed by atoms with Crippen LogP contribution in [0, 0.1) is 0 Å². The minimum Gasteiger partial charge on any atom is -0.383 e. The number of rotatable bonds is 8. The lowest BCUT2D eigenvalue weighted by Crippen LogP contribution is -2.56. The molecule has 1 aromatic carbocycles. The summed E-state index contributed by atoms with van der Waals surface area (Å²) in [5.41, 5.74) is 5.20. The molecule has 1 aliphatic carbocycles. The van der Waals surface area contributed by atoms with Crippen LogP contribution in [0.5, 0.6) is 0 Å². The maximum atomic E-state index is 11.5. The SMILES string of the molecule is COCC(C)(C)N1CCN(c2ccc(C3C=CC(SN4CC=C(C(=O)NO)CC4)CC3)cc2)CC1. The molecular formula is C27H40N4O3S. The van der Waals surface area contributed by atoms with Crippen molar-refractivity contribution >= 4 is 23.5 Å². The molecule has 3 aliphatic rings. The molecule has 2 heterocycles. The zero-order valence-corrected chi connectivity index (χ0v) is 22.1. The number of nitrogens with one attached hydrogen (secondary N) is 1. The van der Waals surface area contributed by atoms with Crippen molar-refractivity contribution in [3.8, 4) is 0 Å². The Morgan fingerprint density at radius 2 is 1.86 bits per heavy atom. The number of carbonyl (C=O) groups excluding carboxylic acids is 1. The molecule has 4 rings (SSSR count). The van der Waals surface area contributed by atoms with Gasteiger partial charge in [0.05, 0.1) is 6.61 Å². The van der Waals surface area contributed by atoms with Crippen LogP contribution in [0.4, 0.5) is 5.69 Å². The molecule has 1 amide bonds. The van der Waals surface area contributed by atoms with Crippen molar-refractivity contribution in [1.29, 1.82) is 0 Å². The van der Waals surface area contributed by atoms with Crippen molar-refractivity contribution < 1.29 is 14.7 Å². The third-order valence-electron chi connectivity index (χ3n) is 7.49. The zero-order chi connectivity index (χ0) is 24.8. The summed E-state index contributed by atoms with van der Waals surface area (Å²) in [5.74, 6) is 0.100. The van der Waals surface area contributed by atoms with E-state index in [-0.39, 0.29) is 11.4 Å². The van der Waals surface area contributed by atoms with Gasteiger partial charge in [0.1, 0.15) is 0 Å². The van der Waals surface area contributed by atoms with Gasteiger partial charge in [-0.15, -0.1) is 0 Å². The van der Waals surface area contributed by atoms with Crippen molar-refractivity contribution in [3.63, 3.8) is 0 Å². The number of anilines is 1. The smallest absolute Gasteiger partial charge is 0.270 e. The van der Waals surface area contributed by atoms with E-state index >= 15 is 0 Å². The average molecular weight is 501 g/mol. The van der Waals surface area contributed by atoms with E-state index in [2.05, 4.69) is 64.4 Å². The van der Waals surface area contributed by atoms with Gasteiger partial charge in [0.15, 0.2) is 0 Å². The van der Waals surface area contributed by atoms with Crippen molar-refractivity contribution in [2.45, 2.75) is 49.8 Å². The van der Waals surface area contributed by atoms with Crippen molar-refractivity contribution in [1.82, 2.24) is 14.7 Å². The average Bonchev–Trinajstić information content (AvgIpc) is 2.89. The Bertz CT molecular complexity index is 910. The number of carbonyl (C=O) groups is 1. The maximum Gasteiger partial charge on any atom is 0.270 e. The number of hydrogen-bond acceptors (Lipinski definition) is 7. The fourth-order valence-electron chi connectivity index (χ4n) is 5.32. The molecule has 2 aliphatic heterocycles. The van der Waals surface area contributed by atoms with E-state index in [1.54, 1.807) is 12.6 Å². The van der Waals surface area contributed by atoms with Crippen LogP contribution in [0.2, 0.25) is 0 Å². The third-order valence-corrected chi connectivity index (χ3v) is 8.78. The molecule has 0 radical (unpaired) electrons. The van der Waals surface area contributed by atoms with Gasteiger partial charge in [0.2, 0.25) is 0 Å². The molecule has 0 saturated carbocycles. The van der Waals surface area contributed by atoms with Crippen molar-refractivity contribution in [2.75, 3.05) is 57.9 Å². The van der Waals surface area contributed by atoms with E-state index in [0.717, 1.165) is 58.7 Å². The van der Waals surface area contributed by atoms with Gasteiger partial charge >= 0.3 is 0 Å². The van der Waals surface area contributed by atoms with E-state index in [1.165, 1.54) is 11.3 Å². The topological polar surface area (TPSA) is 68.3 Å². The Morgan fingerprint density at radius 1 is 1.11 bits per heavy atom. The predicted molar refractivity (Wildman–Crippen MR) is 143 cm³/mol. The van der Waals surface area contributed by atoms with Gasteiger partial charge in [-0.25, -0.2) is 9.79 Å². The number of amides is 1. The van der Waals surface area contributed by atoms with Crippen molar-refractivity contribution in [2.24, 2.45) is 0 Å². The van der Waals surface area contributed by atoms with E-state index in [4.69, 9.17) is 9.94 Å². The summed E-state index contributed by atoms with van der Waals surface area (Å²) in [6, 6.07) is 9.20. The third kappa shape index (κ3) is 6.68. The van der Waals surface area contributed by atoms with Crippen LogP contribution in [0.3, 0.4) is 0 Å². The molecule has 0 spiro atoms. The quantitative estimate of drug-likeness (QED) is 0.243. The van der Waals surface area contributed by atoms with E-state index in [9.17, 15) is 4.79 Å². The van der Waals surface area contributed by atoms with E-state index < -0.39 is 0 Å². The van der Waals surface area contributed by atoms with Crippen LogP contribution in [0.25, 0.3) is 0 Å². The van der Waals surface area contributed by atoms with Gasteiger partial charge in [-0.2, -0.15) is 0 Å². The lowest BCUT2D eigenvalue weighted by Gasteiger charge is -2.44. The van der Waals surface area contributed by atoms with Crippen LogP contribution in [-0.4, -0.2) is 84.1 Å². The number of hydroxylamine groups is 1. The van der Waals surface area contributed by atoms with Crippen LogP contribution >= 0.6 is 11.9 Å². The van der Waals surface area contributed by atoms with Gasteiger partial charge < -0.3 is 9.64 Å². The van der Waals surface area contributed by atoms with Crippen LogP contribution in [0.1, 0.15) is 44.6 Å². The number of ether oxygens (including phenoxy) is 1. The highest BCUT2D eigenvalue weighted by atomic mass is 32.2. The molecular weight excluding hydrogens is 460 g/mol. The molecule has 0 bridgehead atoms. The number of methoxy groups -OCH3 is 1. The summed E-state index contributed by atoms with van der Waals surface area (Å²) in [5, 5.41) is 9.27.